The lowest BCUT2D eigenvalue weighted by molar-refractivity contribution is -0.139. The minimum absolute atomic E-state index is 0.0118. The second-order valence-corrected chi connectivity index (χ2v) is 7.36. The highest BCUT2D eigenvalue weighted by Crippen LogP contribution is 2.62. The van der Waals surface area contributed by atoms with E-state index in [-0.39, 0.29) is 35.6 Å². The van der Waals surface area contributed by atoms with E-state index in [1.807, 2.05) is 13.8 Å². The highest BCUT2D eigenvalue weighted by Gasteiger charge is 2.65. The Bertz CT molecular complexity index is 355. The van der Waals surface area contributed by atoms with Crippen molar-refractivity contribution < 1.29 is 14.7 Å². The zero-order valence-corrected chi connectivity index (χ0v) is 12.3. The number of aliphatic carboxylic acids is 1. The van der Waals surface area contributed by atoms with E-state index in [2.05, 4.69) is 33.0 Å². The van der Waals surface area contributed by atoms with Crippen LogP contribution in [0.15, 0.2) is 0 Å². The molecule has 0 atom stereocenters. The van der Waals surface area contributed by atoms with Crippen LogP contribution >= 0.6 is 0 Å². The van der Waals surface area contributed by atoms with Crippen molar-refractivity contribution in [3.63, 3.8) is 0 Å². The Morgan fingerprint density at radius 2 is 1.56 bits per heavy atom. The molecule has 1 rings (SSSR count). The van der Waals surface area contributed by atoms with Crippen LogP contribution in [-0.2, 0) is 9.59 Å². The summed E-state index contributed by atoms with van der Waals surface area (Å²) in [7, 11) is 0. The quantitative estimate of drug-likeness (QED) is 0.793. The molecule has 2 N–H and O–H groups in total. The summed E-state index contributed by atoms with van der Waals surface area (Å²) < 4.78 is 0. The van der Waals surface area contributed by atoms with Gasteiger partial charge >= 0.3 is 5.97 Å². The van der Waals surface area contributed by atoms with Crippen LogP contribution in [0.1, 0.15) is 54.4 Å². The van der Waals surface area contributed by atoms with Crippen molar-refractivity contribution in [3.05, 3.63) is 0 Å². The summed E-state index contributed by atoms with van der Waals surface area (Å²) in [4.78, 5) is 22.7. The van der Waals surface area contributed by atoms with Crippen LogP contribution < -0.4 is 5.32 Å². The van der Waals surface area contributed by atoms with Gasteiger partial charge in [-0.05, 0) is 16.2 Å². The molecule has 0 aromatic carbocycles. The molecule has 0 radical (unpaired) electrons. The zero-order valence-electron chi connectivity index (χ0n) is 12.3. The number of carbonyl (C=O) groups excluding carboxylic acids is 1. The van der Waals surface area contributed by atoms with Crippen molar-refractivity contribution >= 4 is 11.9 Å². The molecule has 1 fully saturated rings. The molecule has 0 unspecified atom stereocenters. The predicted octanol–water partition coefficient (Wildman–Crippen LogP) is 2.43. The van der Waals surface area contributed by atoms with Crippen molar-refractivity contribution in [1.29, 1.82) is 0 Å². The maximum atomic E-state index is 12.0. The smallest absolute Gasteiger partial charge is 0.303 e. The molecule has 0 aromatic rings. The highest BCUT2D eigenvalue weighted by atomic mass is 16.4. The first-order valence-electron chi connectivity index (χ1n) is 6.41. The molecule has 1 aliphatic carbocycles. The van der Waals surface area contributed by atoms with E-state index in [4.69, 9.17) is 5.11 Å². The maximum absolute atomic E-state index is 12.0. The number of carboxylic acid groups (broad SMARTS) is 1. The summed E-state index contributed by atoms with van der Waals surface area (Å²) in [5.41, 5.74) is -0.279. The summed E-state index contributed by atoms with van der Waals surface area (Å²) in [6.07, 6.45) is 0.264. The van der Waals surface area contributed by atoms with Crippen molar-refractivity contribution in [2.45, 2.75) is 60.4 Å². The van der Waals surface area contributed by atoms with Gasteiger partial charge in [0.2, 0.25) is 5.91 Å². The monoisotopic (exact) mass is 255 g/mol. The van der Waals surface area contributed by atoms with E-state index < -0.39 is 11.4 Å². The second-order valence-electron chi connectivity index (χ2n) is 7.36. The number of nitrogens with one attached hydrogen (secondary N) is 1. The van der Waals surface area contributed by atoms with Gasteiger partial charge in [-0.2, -0.15) is 0 Å². The van der Waals surface area contributed by atoms with E-state index in [1.165, 1.54) is 0 Å². The summed E-state index contributed by atoms with van der Waals surface area (Å²) in [6.45, 7) is 12.2. The number of rotatable bonds is 5. The fourth-order valence-electron chi connectivity index (χ4n) is 2.68. The third-order valence-electron chi connectivity index (χ3n) is 4.59. The van der Waals surface area contributed by atoms with Crippen LogP contribution in [0.2, 0.25) is 0 Å². The molecule has 0 bridgehead atoms. The van der Waals surface area contributed by atoms with Gasteiger partial charge in [-0.15, -0.1) is 0 Å². The van der Waals surface area contributed by atoms with Crippen LogP contribution in [0.4, 0.5) is 0 Å². The molecule has 1 aliphatic rings. The van der Waals surface area contributed by atoms with Crippen LogP contribution in [0.3, 0.4) is 0 Å². The average molecular weight is 255 g/mol. The van der Waals surface area contributed by atoms with E-state index >= 15 is 0 Å². The number of amides is 1. The molecule has 4 heteroatoms. The lowest BCUT2D eigenvalue weighted by atomic mass is 9.85. The van der Waals surface area contributed by atoms with Crippen LogP contribution in [0, 0.1) is 16.2 Å². The fourth-order valence-corrected chi connectivity index (χ4v) is 2.68. The Kier molecular flexibility index (Phi) is 3.54. The van der Waals surface area contributed by atoms with Gasteiger partial charge in [-0.3, -0.25) is 9.59 Å². The molecule has 0 aromatic heterocycles. The Labute approximate surface area is 109 Å². The first-order valence-corrected chi connectivity index (χ1v) is 6.41. The summed E-state index contributed by atoms with van der Waals surface area (Å²) in [6, 6.07) is 0.179. The number of carbonyl (C=O) groups is 2. The van der Waals surface area contributed by atoms with Crippen molar-refractivity contribution in [2.75, 3.05) is 0 Å². The summed E-state index contributed by atoms with van der Waals surface area (Å²) >= 11 is 0. The average Bonchev–Trinajstić information content (AvgIpc) is 2.44. The molecular formula is C14H25NO3. The Balaban J connectivity index is 2.52. The first-order chi connectivity index (χ1) is 7.90. The van der Waals surface area contributed by atoms with E-state index in [0.717, 1.165) is 0 Å². The van der Waals surface area contributed by atoms with Gasteiger partial charge in [-0.25, -0.2) is 0 Å². The van der Waals surface area contributed by atoms with Gasteiger partial charge in [0.25, 0.3) is 0 Å². The summed E-state index contributed by atoms with van der Waals surface area (Å²) in [5, 5.41) is 11.8. The lowest BCUT2D eigenvalue weighted by Crippen LogP contribution is -2.34. The number of hydrogen-bond acceptors (Lipinski definition) is 2. The SMILES string of the molecule is CC(C)(CC(=O)O)CC(=O)NC1C(C)(C)C1(C)C. The molecule has 104 valence electrons. The van der Waals surface area contributed by atoms with Gasteiger partial charge in [0.1, 0.15) is 0 Å². The van der Waals surface area contributed by atoms with Gasteiger partial charge in [0.15, 0.2) is 0 Å². The molecule has 0 spiro atoms. The largest absolute Gasteiger partial charge is 0.481 e. The second kappa shape index (κ2) is 4.25. The number of hydrogen-bond donors (Lipinski definition) is 2. The van der Waals surface area contributed by atoms with Gasteiger partial charge < -0.3 is 10.4 Å². The molecule has 18 heavy (non-hydrogen) atoms. The Hall–Kier alpha value is -1.06. The molecule has 0 aliphatic heterocycles. The van der Waals surface area contributed by atoms with Crippen LogP contribution in [0.5, 0.6) is 0 Å². The molecule has 4 nitrogen and oxygen atoms in total. The molecule has 1 amide bonds. The van der Waals surface area contributed by atoms with Gasteiger partial charge in [-0.1, -0.05) is 41.5 Å². The standard InChI is InChI=1S/C14H25NO3/c1-12(2,8-10(17)18)7-9(16)15-11-13(3,4)14(11,5)6/h11H,7-8H2,1-6H3,(H,15,16)(H,17,18). The van der Waals surface area contributed by atoms with E-state index in [0.29, 0.717) is 0 Å². The number of carboxylic acids is 1. The fraction of sp³-hybridized carbons (Fsp3) is 0.857. The predicted molar refractivity (Wildman–Crippen MR) is 70.1 cm³/mol. The van der Waals surface area contributed by atoms with Crippen LogP contribution in [0.25, 0.3) is 0 Å². The van der Waals surface area contributed by atoms with Crippen molar-refractivity contribution in [1.82, 2.24) is 5.32 Å². The van der Waals surface area contributed by atoms with Crippen LogP contribution in [-0.4, -0.2) is 23.0 Å². The normalized spacial score (nSPS) is 21.4. The topological polar surface area (TPSA) is 66.4 Å². The van der Waals surface area contributed by atoms with E-state index in [9.17, 15) is 9.59 Å². The lowest BCUT2D eigenvalue weighted by Gasteiger charge is -2.21. The Morgan fingerprint density at radius 1 is 1.11 bits per heavy atom. The maximum Gasteiger partial charge on any atom is 0.303 e. The molecule has 1 saturated carbocycles. The van der Waals surface area contributed by atoms with E-state index in [1.54, 1.807) is 0 Å². The van der Waals surface area contributed by atoms with Gasteiger partial charge in [0.05, 0.1) is 6.42 Å². The Morgan fingerprint density at radius 3 is 1.89 bits per heavy atom. The minimum atomic E-state index is -0.861. The zero-order chi connectivity index (χ0) is 14.4. The molecular weight excluding hydrogens is 230 g/mol. The highest BCUT2D eigenvalue weighted by molar-refractivity contribution is 5.79. The first kappa shape index (κ1) is 15.0. The van der Waals surface area contributed by atoms with Crippen molar-refractivity contribution in [2.24, 2.45) is 16.2 Å². The summed E-state index contributed by atoms with van der Waals surface area (Å²) in [5.74, 6) is -0.912. The molecule has 0 heterocycles. The third kappa shape index (κ3) is 2.85. The molecule has 0 saturated heterocycles. The van der Waals surface area contributed by atoms with Gasteiger partial charge in [0, 0.05) is 12.5 Å². The minimum Gasteiger partial charge on any atom is -0.481 e. The third-order valence-corrected chi connectivity index (χ3v) is 4.59. The van der Waals surface area contributed by atoms with Crippen molar-refractivity contribution in [3.8, 4) is 0 Å².